The van der Waals surface area contributed by atoms with Gasteiger partial charge in [-0.15, -0.1) is 0 Å². The van der Waals surface area contributed by atoms with Crippen molar-refractivity contribution >= 4 is 33.4 Å². The van der Waals surface area contributed by atoms with Crippen molar-refractivity contribution in [1.82, 2.24) is 9.97 Å². The number of nitrogens with zero attached hydrogens (tertiary/aromatic N) is 1. The predicted octanol–water partition coefficient (Wildman–Crippen LogP) is 4.68. The van der Waals surface area contributed by atoms with Crippen molar-refractivity contribution in [3.8, 4) is 0 Å². The number of para-hydroxylation sites is 1. The Hall–Kier alpha value is -3.14. The van der Waals surface area contributed by atoms with Crippen LogP contribution in [0.2, 0.25) is 0 Å². The van der Waals surface area contributed by atoms with Crippen molar-refractivity contribution in [3.63, 3.8) is 0 Å². The van der Waals surface area contributed by atoms with Crippen molar-refractivity contribution in [3.05, 3.63) is 72.6 Å². The highest BCUT2D eigenvalue weighted by atomic mass is 16.1. The Labute approximate surface area is 145 Å². The molecule has 4 nitrogen and oxygen atoms in total. The van der Waals surface area contributed by atoms with E-state index in [0.717, 1.165) is 34.9 Å². The first-order valence-corrected chi connectivity index (χ1v) is 8.49. The highest BCUT2D eigenvalue weighted by Crippen LogP contribution is 2.20. The maximum Gasteiger partial charge on any atom is 0.224 e. The maximum atomic E-state index is 12.2. The molecule has 4 heteroatoms. The van der Waals surface area contributed by atoms with Gasteiger partial charge in [-0.05, 0) is 48.7 Å². The summed E-state index contributed by atoms with van der Waals surface area (Å²) in [5.41, 5.74) is 4.16. The zero-order valence-electron chi connectivity index (χ0n) is 13.8. The minimum absolute atomic E-state index is 0.0445. The molecule has 2 N–H and O–H groups in total. The van der Waals surface area contributed by atoms with Crippen LogP contribution in [0.3, 0.4) is 0 Å². The van der Waals surface area contributed by atoms with E-state index in [9.17, 15) is 4.79 Å². The number of nitrogens with one attached hydrogen (secondary N) is 2. The minimum atomic E-state index is 0.0445. The Bertz CT molecular complexity index is 1040. The van der Waals surface area contributed by atoms with Crippen molar-refractivity contribution in [2.24, 2.45) is 0 Å². The van der Waals surface area contributed by atoms with Crippen LogP contribution >= 0.6 is 0 Å². The maximum absolute atomic E-state index is 12.2. The molecule has 0 spiro atoms. The number of anilines is 1. The number of aryl methyl sites for hydroxylation is 1. The second-order valence-corrected chi connectivity index (χ2v) is 6.17. The monoisotopic (exact) mass is 329 g/mol. The minimum Gasteiger partial charge on any atom is -0.361 e. The van der Waals surface area contributed by atoms with Crippen molar-refractivity contribution in [1.29, 1.82) is 0 Å². The van der Waals surface area contributed by atoms with E-state index in [4.69, 9.17) is 0 Å². The summed E-state index contributed by atoms with van der Waals surface area (Å²) in [6, 6.07) is 17.9. The Kier molecular flexibility index (Phi) is 4.17. The summed E-state index contributed by atoms with van der Waals surface area (Å²) in [5.74, 6) is 0.0445. The third-order valence-electron chi connectivity index (χ3n) is 4.41. The average Bonchev–Trinajstić information content (AvgIpc) is 3.05. The molecule has 0 saturated carbocycles. The lowest BCUT2D eigenvalue weighted by atomic mass is 10.1. The molecular formula is C21H19N3O. The average molecular weight is 329 g/mol. The third kappa shape index (κ3) is 3.38. The lowest BCUT2D eigenvalue weighted by Gasteiger charge is -2.06. The van der Waals surface area contributed by atoms with Crippen LogP contribution in [0, 0.1) is 0 Å². The largest absolute Gasteiger partial charge is 0.361 e. The van der Waals surface area contributed by atoms with Gasteiger partial charge < -0.3 is 10.3 Å². The molecule has 25 heavy (non-hydrogen) atoms. The van der Waals surface area contributed by atoms with Crippen LogP contribution in [-0.2, 0) is 11.2 Å². The van der Waals surface area contributed by atoms with Crippen LogP contribution < -0.4 is 5.32 Å². The number of H-pyrrole nitrogens is 1. The van der Waals surface area contributed by atoms with Gasteiger partial charge in [0.15, 0.2) is 0 Å². The van der Waals surface area contributed by atoms with Gasteiger partial charge >= 0.3 is 0 Å². The summed E-state index contributed by atoms with van der Waals surface area (Å²) in [4.78, 5) is 19.8. The smallest absolute Gasteiger partial charge is 0.224 e. The summed E-state index contributed by atoms with van der Waals surface area (Å²) in [6.45, 7) is 0. The molecule has 0 atom stereocenters. The van der Waals surface area contributed by atoms with Crippen LogP contribution in [0.15, 0.2) is 67.0 Å². The summed E-state index contributed by atoms with van der Waals surface area (Å²) in [7, 11) is 0. The molecule has 0 unspecified atom stereocenters. The topological polar surface area (TPSA) is 57.8 Å². The first kappa shape index (κ1) is 15.4. The second-order valence-electron chi connectivity index (χ2n) is 6.17. The Balaban J connectivity index is 1.35. The van der Waals surface area contributed by atoms with Crippen LogP contribution in [0.5, 0.6) is 0 Å². The van der Waals surface area contributed by atoms with Crippen molar-refractivity contribution in [2.75, 3.05) is 5.32 Å². The third-order valence-corrected chi connectivity index (χ3v) is 4.41. The Morgan fingerprint density at radius 1 is 1.08 bits per heavy atom. The first-order chi connectivity index (χ1) is 12.3. The van der Waals surface area contributed by atoms with E-state index in [-0.39, 0.29) is 5.91 Å². The van der Waals surface area contributed by atoms with E-state index in [1.54, 1.807) is 6.20 Å². The molecule has 124 valence electrons. The van der Waals surface area contributed by atoms with Gasteiger partial charge in [0.2, 0.25) is 5.91 Å². The number of rotatable bonds is 5. The molecule has 2 heterocycles. The van der Waals surface area contributed by atoms with Gasteiger partial charge in [0, 0.05) is 40.8 Å². The van der Waals surface area contributed by atoms with E-state index >= 15 is 0 Å². The highest BCUT2D eigenvalue weighted by Gasteiger charge is 2.06. The van der Waals surface area contributed by atoms with E-state index in [1.807, 2.05) is 48.7 Å². The molecule has 0 fully saturated rings. The molecule has 2 aromatic heterocycles. The number of pyridine rings is 1. The number of carbonyl (C=O) groups excluding carboxylic acids is 1. The molecular weight excluding hydrogens is 310 g/mol. The summed E-state index contributed by atoms with van der Waals surface area (Å²) in [6.07, 6.45) is 6.02. The number of amides is 1. The number of hydrogen-bond donors (Lipinski definition) is 2. The van der Waals surface area contributed by atoms with Crippen molar-refractivity contribution < 1.29 is 4.79 Å². The van der Waals surface area contributed by atoms with Gasteiger partial charge in [-0.2, -0.15) is 0 Å². The zero-order valence-corrected chi connectivity index (χ0v) is 13.8. The number of hydrogen-bond acceptors (Lipinski definition) is 2. The lowest BCUT2D eigenvalue weighted by Crippen LogP contribution is -2.11. The van der Waals surface area contributed by atoms with E-state index < -0.39 is 0 Å². The van der Waals surface area contributed by atoms with E-state index in [1.165, 1.54) is 10.9 Å². The molecule has 0 aliphatic carbocycles. The van der Waals surface area contributed by atoms with Gasteiger partial charge in [-0.3, -0.25) is 9.78 Å². The molecule has 0 radical (unpaired) electrons. The number of fused-ring (bicyclic) bond motifs is 2. The van der Waals surface area contributed by atoms with Gasteiger partial charge in [-0.25, -0.2) is 0 Å². The molecule has 1 amide bonds. The normalized spacial score (nSPS) is 11.0. The van der Waals surface area contributed by atoms with Gasteiger partial charge in [0.1, 0.15) is 0 Å². The van der Waals surface area contributed by atoms with Crippen molar-refractivity contribution in [2.45, 2.75) is 19.3 Å². The Morgan fingerprint density at radius 3 is 2.96 bits per heavy atom. The zero-order chi connectivity index (χ0) is 17.1. The fourth-order valence-electron chi connectivity index (χ4n) is 3.15. The molecule has 0 saturated heterocycles. The number of aromatic nitrogens is 2. The van der Waals surface area contributed by atoms with Gasteiger partial charge in [0.25, 0.3) is 0 Å². The quantitative estimate of drug-likeness (QED) is 0.558. The lowest BCUT2D eigenvalue weighted by molar-refractivity contribution is -0.116. The fourth-order valence-corrected chi connectivity index (χ4v) is 3.15. The van der Waals surface area contributed by atoms with Crippen LogP contribution in [0.1, 0.15) is 18.4 Å². The molecule has 2 aromatic carbocycles. The first-order valence-electron chi connectivity index (χ1n) is 8.49. The molecule has 4 rings (SSSR count). The molecule has 0 bridgehead atoms. The second kappa shape index (κ2) is 6.77. The summed E-state index contributed by atoms with van der Waals surface area (Å²) in [5, 5.41) is 5.24. The van der Waals surface area contributed by atoms with Crippen LogP contribution in [0.25, 0.3) is 21.8 Å². The molecule has 0 aliphatic heterocycles. The van der Waals surface area contributed by atoms with Crippen LogP contribution in [0.4, 0.5) is 5.69 Å². The van der Waals surface area contributed by atoms with Gasteiger partial charge in [0.05, 0.1) is 5.52 Å². The Morgan fingerprint density at radius 2 is 2.00 bits per heavy atom. The van der Waals surface area contributed by atoms with E-state index in [2.05, 4.69) is 27.4 Å². The van der Waals surface area contributed by atoms with E-state index in [0.29, 0.717) is 6.42 Å². The predicted molar refractivity (Wildman–Crippen MR) is 102 cm³/mol. The standard InChI is InChI=1S/C21H19N3O/c25-21(24-17-10-11-19-15(13-17)6-4-12-22-19)9-3-5-16-14-23-20-8-2-1-7-18(16)20/h1-2,4,6-8,10-14,23H,3,5,9H2,(H,24,25). The number of carbonyl (C=O) groups is 1. The summed E-state index contributed by atoms with van der Waals surface area (Å²) < 4.78 is 0. The van der Waals surface area contributed by atoms with Gasteiger partial charge in [-0.1, -0.05) is 24.3 Å². The summed E-state index contributed by atoms with van der Waals surface area (Å²) >= 11 is 0. The van der Waals surface area contributed by atoms with Crippen LogP contribution in [-0.4, -0.2) is 15.9 Å². The highest BCUT2D eigenvalue weighted by molar-refractivity contribution is 5.93. The SMILES string of the molecule is O=C(CCCc1c[nH]c2ccccc12)Nc1ccc2ncccc2c1. The number of benzene rings is 2. The fraction of sp³-hybridized carbons (Fsp3) is 0.143. The molecule has 0 aliphatic rings. The number of aromatic amines is 1. The molecule has 4 aromatic rings.